The lowest BCUT2D eigenvalue weighted by Gasteiger charge is -2.19. The molecule has 0 aliphatic heterocycles. The maximum atomic E-state index is 12.2. The van der Waals surface area contributed by atoms with Crippen molar-refractivity contribution in [1.29, 1.82) is 0 Å². The number of nitrogens with zero attached hydrogens (tertiary/aromatic N) is 1. The van der Waals surface area contributed by atoms with E-state index in [-0.39, 0.29) is 5.92 Å². The van der Waals surface area contributed by atoms with E-state index in [4.69, 9.17) is 10.5 Å². The van der Waals surface area contributed by atoms with Crippen LogP contribution in [0.3, 0.4) is 0 Å². The molecule has 1 atom stereocenters. The Morgan fingerprint density at radius 3 is 2.68 bits per heavy atom. The first-order chi connectivity index (χ1) is 10.4. The molecule has 3 amide bonds. The maximum Gasteiger partial charge on any atom is 0.338 e. The highest BCUT2D eigenvalue weighted by atomic mass is 32.1. The topological polar surface area (TPSA) is 111 Å². The molecule has 0 spiro atoms. The minimum atomic E-state index is -1.10. The van der Waals surface area contributed by atoms with Gasteiger partial charge in [0.15, 0.2) is 6.10 Å². The molecule has 0 aliphatic rings. The van der Waals surface area contributed by atoms with Crippen LogP contribution in [0.4, 0.5) is 4.79 Å². The van der Waals surface area contributed by atoms with Crippen molar-refractivity contribution in [2.45, 2.75) is 20.0 Å². The maximum absolute atomic E-state index is 12.2. The third-order valence-electron chi connectivity index (χ3n) is 2.91. The van der Waals surface area contributed by atoms with Crippen molar-refractivity contribution in [2.24, 2.45) is 11.7 Å². The standard InChI is InChI=1S/C14H15N3O4S/c1-7(2)11(12(18)17-14(15)20)21-13(19)8-3-4-9-10(5-8)22-6-16-9/h3-7,11H,1-2H3,(H3,15,17,18,20)/t11-/m0/s1. The Kier molecular flexibility index (Phi) is 4.71. The zero-order valence-corrected chi connectivity index (χ0v) is 12.8. The van der Waals surface area contributed by atoms with Gasteiger partial charge in [-0.25, -0.2) is 14.6 Å². The van der Waals surface area contributed by atoms with E-state index in [0.29, 0.717) is 5.56 Å². The second-order valence-corrected chi connectivity index (χ2v) is 5.84. The van der Waals surface area contributed by atoms with Crippen LogP contribution in [-0.4, -0.2) is 29.0 Å². The number of thiazole rings is 1. The van der Waals surface area contributed by atoms with Crippen molar-refractivity contribution in [1.82, 2.24) is 10.3 Å². The average Bonchev–Trinajstić information content (AvgIpc) is 2.90. The number of rotatable bonds is 4. The fraction of sp³-hybridized carbons (Fsp3) is 0.286. The van der Waals surface area contributed by atoms with Crippen molar-refractivity contribution in [3.05, 3.63) is 29.3 Å². The molecule has 0 aliphatic carbocycles. The van der Waals surface area contributed by atoms with Crippen LogP contribution in [0.15, 0.2) is 23.7 Å². The fourth-order valence-corrected chi connectivity index (χ4v) is 2.57. The van der Waals surface area contributed by atoms with E-state index in [0.717, 1.165) is 10.2 Å². The van der Waals surface area contributed by atoms with E-state index in [9.17, 15) is 14.4 Å². The number of carbonyl (C=O) groups excluding carboxylic acids is 3. The number of hydrogen-bond acceptors (Lipinski definition) is 6. The first-order valence-electron chi connectivity index (χ1n) is 6.53. The Labute approximate surface area is 130 Å². The molecule has 116 valence electrons. The van der Waals surface area contributed by atoms with Gasteiger partial charge in [0.2, 0.25) is 0 Å². The van der Waals surface area contributed by atoms with Crippen LogP contribution in [0.2, 0.25) is 0 Å². The zero-order chi connectivity index (χ0) is 16.3. The van der Waals surface area contributed by atoms with Gasteiger partial charge in [-0.05, 0) is 24.1 Å². The quantitative estimate of drug-likeness (QED) is 0.832. The summed E-state index contributed by atoms with van der Waals surface area (Å²) < 4.78 is 6.06. The molecule has 2 rings (SSSR count). The van der Waals surface area contributed by atoms with Gasteiger partial charge >= 0.3 is 12.0 Å². The van der Waals surface area contributed by atoms with Crippen molar-refractivity contribution in [3.63, 3.8) is 0 Å². The van der Waals surface area contributed by atoms with E-state index in [2.05, 4.69) is 4.98 Å². The van der Waals surface area contributed by atoms with Crippen molar-refractivity contribution in [3.8, 4) is 0 Å². The van der Waals surface area contributed by atoms with Gasteiger partial charge in [0.1, 0.15) is 0 Å². The summed E-state index contributed by atoms with van der Waals surface area (Å²) in [5.41, 5.74) is 7.68. The van der Waals surface area contributed by atoms with Crippen molar-refractivity contribution < 1.29 is 19.1 Å². The van der Waals surface area contributed by atoms with Gasteiger partial charge in [0.25, 0.3) is 5.91 Å². The largest absolute Gasteiger partial charge is 0.448 e. The molecular formula is C14H15N3O4S. The predicted molar refractivity (Wildman–Crippen MR) is 81.4 cm³/mol. The Balaban J connectivity index is 2.16. The van der Waals surface area contributed by atoms with Crippen LogP contribution >= 0.6 is 11.3 Å². The second-order valence-electron chi connectivity index (χ2n) is 4.96. The number of aromatic nitrogens is 1. The first kappa shape index (κ1) is 15.9. The third kappa shape index (κ3) is 3.59. The molecule has 1 aromatic heterocycles. The van der Waals surface area contributed by atoms with E-state index >= 15 is 0 Å². The van der Waals surface area contributed by atoms with Crippen LogP contribution in [0.5, 0.6) is 0 Å². The highest BCUT2D eigenvalue weighted by molar-refractivity contribution is 7.16. The van der Waals surface area contributed by atoms with Gasteiger partial charge < -0.3 is 10.5 Å². The molecule has 8 heteroatoms. The molecule has 3 N–H and O–H groups in total. The lowest BCUT2D eigenvalue weighted by atomic mass is 10.1. The van der Waals surface area contributed by atoms with Gasteiger partial charge in [-0.1, -0.05) is 13.8 Å². The molecule has 0 bridgehead atoms. The molecule has 0 radical (unpaired) electrons. The Morgan fingerprint density at radius 2 is 2.05 bits per heavy atom. The van der Waals surface area contributed by atoms with E-state index in [1.165, 1.54) is 11.3 Å². The summed E-state index contributed by atoms with van der Waals surface area (Å²) in [5.74, 6) is -1.70. The van der Waals surface area contributed by atoms with Crippen LogP contribution in [0.1, 0.15) is 24.2 Å². The number of benzene rings is 1. The van der Waals surface area contributed by atoms with Crippen LogP contribution in [0, 0.1) is 5.92 Å². The second kappa shape index (κ2) is 6.52. The molecular weight excluding hydrogens is 306 g/mol. The zero-order valence-electron chi connectivity index (χ0n) is 12.0. The highest BCUT2D eigenvalue weighted by Crippen LogP contribution is 2.20. The summed E-state index contributed by atoms with van der Waals surface area (Å²) in [6, 6.07) is 3.95. The number of esters is 1. The summed E-state index contributed by atoms with van der Waals surface area (Å²) in [6.45, 7) is 3.40. The summed E-state index contributed by atoms with van der Waals surface area (Å²) in [7, 11) is 0. The number of carbonyl (C=O) groups is 3. The lowest BCUT2D eigenvalue weighted by Crippen LogP contribution is -2.45. The minimum absolute atomic E-state index is 0.310. The summed E-state index contributed by atoms with van der Waals surface area (Å²) >= 11 is 1.40. The lowest BCUT2D eigenvalue weighted by molar-refractivity contribution is -0.130. The molecule has 0 unspecified atom stereocenters. The average molecular weight is 321 g/mol. The summed E-state index contributed by atoms with van der Waals surface area (Å²) in [4.78, 5) is 38.9. The minimum Gasteiger partial charge on any atom is -0.448 e. The van der Waals surface area contributed by atoms with Gasteiger partial charge in [-0.3, -0.25) is 10.1 Å². The van der Waals surface area contributed by atoms with Crippen molar-refractivity contribution in [2.75, 3.05) is 0 Å². The monoisotopic (exact) mass is 321 g/mol. The van der Waals surface area contributed by atoms with E-state index in [1.807, 2.05) is 5.32 Å². The van der Waals surface area contributed by atoms with Gasteiger partial charge in [-0.2, -0.15) is 0 Å². The highest BCUT2D eigenvalue weighted by Gasteiger charge is 2.28. The van der Waals surface area contributed by atoms with Gasteiger partial charge in [0.05, 0.1) is 21.3 Å². The van der Waals surface area contributed by atoms with Crippen molar-refractivity contribution >= 4 is 39.5 Å². The summed E-state index contributed by atoms with van der Waals surface area (Å²) in [6.07, 6.45) is -1.10. The van der Waals surface area contributed by atoms with E-state index in [1.54, 1.807) is 37.6 Å². The molecule has 7 nitrogen and oxygen atoms in total. The number of nitrogens with one attached hydrogen (secondary N) is 1. The Morgan fingerprint density at radius 1 is 1.32 bits per heavy atom. The molecule has 0 fully saturated rings. The van der Waals surface area contributed by atoms with E-state index < -0.39 is 24.0 Å². The summed E-state index contributed by atoms with van der Waals surface area (Å²) in [5, 5.41) is 1.92. The number of fused-ring (bicyclic) bond motifs is 1. The molecule has 1 heterocycles. The third-order valence-corrected chi connectivity index (χ3v) is 3.70. The predicted octanol–water partition coefficient (Wildman–Crippen LogP) is 1.67. The van der Waals surface area contributed by atoms with Crippen LogP contribution in [-0.2, 0) is 9.53 Å². The van der Waals surface area contributed by atoms with Crippen LogP contribution < -0.4 is 11.1 Å². The molecule has 2 aromatic rings. The smallest absolute Gasteiger partial charge is 0.338 e. The SMILES string of the molecule is CC(C)[C@H](OC(=O)c1ccc2ncsc2c1)C(=O)NC(N)=O. The number of urea groups is 1. The van der Waals surface area contributed by atoms with Crippen LogP contribution in [0.25, 0.3) is 10.2 Å². The molecule has 22 heavy (non-hydrogen) atoms. The number of hydrogen-bond donors (Lipinski definition) is 2. The number of primary amides is 1. The first-order valence-corrected chi connectivity index (χ1v) is 7.41. The molecule has 0 saturated heterocycles. The Bertz CT molecular complexity index is 726. The molecule has 0 saturated carbocycles. The Hall–Kier alpha value is -2.48. The van der Waals surface area contributed by atoms with Gasteiger partial charge in [0, 0.05) is 0 Å². The normalized spacial score (nSPS) is 12.1. The number of ether oxygens (including phenoxy) is 1. The number of nitrogens with two attached hydrogens (primary N) is 1. The number of imide groups is 1. The van der Waals surface area contributed by atoms with Gasteiger partial charge in [-0.15, -0.1) is 11.3 Å². The number of amides is 3. The molecule has 1 aromatic carbocycles. The fourth-order valence-electron chi connectivity index (χ4n) is 1.85.